The van der Waals surface area contributed by atoms with Gasteiger partial charge in [0.2, 0.25) is 5.91 Å². The number of fused-ring (bicyclic) bond motifs is 2. The molecule has 4 aromatic carbocycles. The van der Waals surface area contributed by atoms with Crippen molar-refractivity contribution in [3.05, 3.63) is 92.9 Å². The zero-order chi connectivity index (χ0) is 21.0. The maximum absolute atomic E-state index is 11.4. The molecule has 0 aromatic heterocycles. The number of methoxy groups -OCH3 is 1. The van der Waals surface area contributed by atoms with Crippen LogP contribution in [0, 0.1) is 0 Å². The van der Waals surface area contributed by atoms with Gasteiger partial charge in [-0.3, -0.25) is 4.79 Å². The molecule has 0 spiro atoms. The van der Waals surface area contributed by atoms with Crippen LogP contribution in [-0.4, -0.2) is 19.0 Å². The van der Waals surface area contributed by atoms with Crippen molar-refractivity contribution in [2.75, 3.05) is 7.11 Å². The predicted octanol–water partition coefficient (Wildman–Crippen LogP) is 6.09. The van der Waals surface area contributed by atoms with E-state index in [1.807, 2.05) is 54.6 Å². The van der Waals surface area contributed by atoms with Crippen LogP contribution in [0.15, 0.2) is 81.7 Å². The lowest BCUT2D eigenvalue weighted by Gasteiger charge is -2.04. The van der Waals surface area contributed by atoms with Crippen LogP contribution in [0.4, 0.5) is 0 Å². The molecule has 4 rings (SSSR count). The lowest BCUT2D eigenvalue weighted by Crippen LogP contribution is -2.10. The van der Waals surface area contributed by atoms with Gasteiger partial charge in [-0.05, 0) is 45.8 Å². The fraction of sp³-hybridized carbons (Fsp3) is 0.0435. The Bertz CT molecular complexity index is 1220. The summed E-state index contributed by atoms with van der Waals surface area (Å²) in [5.41, 5.74) is 6.30. The van der Waals surface area contributed by atoms with Gasteiger partial charge in [0, 0.05) is 14.5 Å². The van der Waals surface area contributed by atoms with Gasteiger partial charge in [-0.25, -0.2) is 4.79 Å². The molecule has 1 amide bonds. The minimum absolute atomic E-state index is 0.318. The van der Waals surface area contributed by atoms with Crippen LogP contribution >= 0.6 is 31.9 Å². The Hall–Kier alpha value is -2.70. The van der Waals surface area contributed by atoms with Crippen LogP contribution in [0.25, 0.3) is 21.5 Å². The number of halogens is 2. The molecule has 146 valence electrons. The summed E-state index contributed by atoms with van der Waals surface area (Å²) >= 11 is 6.85. The van der Waals surface area contributed by atoms with Crippen LogP contribution in [0.5, 0.6) is 0 Å². The normalized spacial score (nSPS) is 10.3. The van der Waals surface area contributed by atoms with Gasteiger partial charge in [-0.15, -0.1) is 0 Å². The van der Waals surface area contributed by atoms with Crippen LogP contribution in [-0.2, 0) is 4.74 Å². The molecule has 0 heterocycles. The van der Waals surface area contributed by atoms with Gasteiger partial charge >= 0.3 is 5.97 Å². The van der Waals surface area contributed by atoms with Gasteiger partial charge in [-0.2, -0.15) is 0 Å². The van der Waals surface area contributed by atoms with E-state index in [1.54, 1.807) is 18.2 Å². The number of rotatable bonds is 2. The Morgan fingerprint density at radius 2 is 1.21 bits per heavy atom. The number of hydrogen-bond donors (Lipinski definition) is 1. The van der Waals surface area contributed by atoms with Crippen molar-refractivity contribution in [1.29, 1.82) is 0 Å². The number of primary amides is 1. The molecular formula is C23H17Br2NO3. The van der Waals surface area contributed by atoms with Gasteiger partial charge in [0.05, 0.1) is 12.7 Å². The summed E-state index contributed by atoms with van der Waals surface area (Å²) in [6, 6.07) is 22.8. The van der Waals surface area contributed by atoms with Crippen LogP contribution in [0.3, 0.4) is 0 Å². The van der Waals surface area contributed by atoms with Crippen LogP contribution in [0.2, 0.25) is 0 Å². The Morgan fingerprint density at radius 3 is 1.69 bits per heavy atom. The van der Waals surface area contributed by atoms with E-state index in [0.717, 1.165) is 30.5 Å². The van der Waals surface area contributed by atoms with Crippen LogP contribution < -0.4 is 5.73 Å². The molecule has 0 aliphatic heterocycles. The molecule has 2 N–H and O–H groups in total. The molecule has 6 heteroatoms. The number of carbonyl (C=O) groups excluding carboxylic acids is 2. The van der Waals surface area contributed by atoms with E-state index in [9.17, 15) is 9.59 Å². The zero-order valence-electron chi connectivity index (χ0n) is 15.5. The molecule has 0 saturated carbocycles. The molecule has 29 heavy (non-hydrogen) atoms. The van der Waals surface area contributed by atoms with Crippen LogP contribution in [0.1, 0.15) is 20.7 Å². The third-order valence-corrected chi connectivity index (χ3v) is 5.64. The molecule has 4 aromatic rings. The molecule has 0 bridgehead atoms. The quantitative estimate of drug-likeness (QED) is 0.329. The smallest absolute Gasteiger partial charge is 0.337 e. The number of esters is 1. The lowest BCUT2D eigenvalue weighted by molar-refractivity contribution is 0.0600. The Balaban J connectivity index is 0.000000166. The summed E-state index contributed by atoms with van der Waals surface area (Å²) in [6.07, 6.45) is 0. The number of benzene rings is 4. The van der Waals surface area contributed by atoms with Gasteiger partial charge in [-0.1, -0.05) is 80.4 Å². The lowest BCUT2D eigenvalue weighted by atomic mass is 10.1. The molecule has 0 unspecified atom stereocenters. The Labute approximate surface area is 184 Å². The Kier molecular flexibility index (Phi) is 6.67. The van der Waals surface area contributed by atoms with Crippen molar-refractivity contribution < 1.29 is 14.3 Å². The molecule has 0 aliphatic carbocycles. The maximum Gasteiger partial charge on any atom is 0.337 e. The largest absolute Gasteiger partial charge is 0.465 e. The second kappa shape index (κ2) is 9.20. The van der Waals surface area contributed by atoms with E-state index in [2.05, 4.69) is 36.6 Å². The predicted molar refractivity (Wildman–Crippen MR) is 123 cm³/mol. The van der Waals surface area contributed by atoms with Crippen molar-refractivity contribution in [2.45, 2.75) is 0 Å². The number of carbonyl (C=O) groups is 2. The van der Waals surface area contributed by atoms with Gasteiger partial charge < -0.3 is 10.5 Å². The first-order chi connectivity index (χ1) is 13.9. The highest BCUT2D eigenvalue weighted by Gasteiger charge is 2.08. The van der Waals surface area contributed by atoms with Crippen molar-refractivity contribution >= 4 is 65.3 Å². The zero-order valence-corrected chi connectivity index (χ0v) is 18.7. The van der Waals surface area contributed by atoms with Crippen molar-refractivity contribution in [3.63, 3.8) is 0 Å². The van der Waals surface area contributed by atoms with E-state index >= 15 is 0 Å². The summed E-state index contributed by atoms with van der Waals surface area (Å²) in [7, 11) is 1.38. The summed E-state index contributed by atoms with van der Waals surface area (Å²) < 4.78 is 6.48. The van der Waals surface area contributed by atoms with Crippen molar-refractivity contribution in [3.8, 4) is 0 Å². The average molecular weight is 515 g/mol. The fourth-order valence-corrected chi connectivity index (χ4v) is 4.12. The molecular weight excluding hydrogens is 498 g/mol. The Morgan fingerprint density at radius 1 is 0.759 bits per heavy atom. The van der Waals surface area contributed by atoms with E-state index < -0.39 is 5.91 Å². The monoisotopic (exact) mass is 513 g/mol. The van der Waals surface area contributed by atoms with Gasteiger partial charge in [0.15, 0.2) is 0 Å². The third-order valence-electron chi connectivity index (χ3n) is 4.33. The molecule has 4 nitrogen and oxygen atoms in total. The number of hydrogen-bond acceptors (Lipinski definition) is 3. The van der Waals surface area contributed by atoms with Crippen molar-refractivity contribution in [1.82, 2.24) is 0 Å². The molecule has 0 radical (unpaired) electrons. The first-order valence-corrected chi connectivity index (χ1v) is 10.2. The van der Waals surface area contributed by atoms with E-state index in [4.69, 9.17) is 5.73 Å². The van der Waals surface area contributed by atoms with E-state index in [0.29, 0.717) is 11.1 Å². The number of nitrogens with two attached hydrogens (primary N) is 1. The number of ether oxygens (including phenoxy) is 1. The second-order valence-corrected chi connectivity index (χ2v) is 7.92. The van der Waals surface area contributed by atoms with Crippen molar-refractivity contribution in [2.24, 2.45) is 5.73 Å². The standard InChI is InChI=1S/C12H9BrO2.C11H8BrNO/c1-15-12(14)9-6-8-4-2-3-5-10(8)11(13)7-9;12-10-6-8(11(13)14)5-7-3-1-2-4-9(7)10/h2-7H,1H3;1-6H,(H2,13,14). The summed E-state index contributed by atoms with van der Waals surface area (Å²) in [5, 5.41) is 4.20. The summed E-state index contributed by atoms with van der Waals surface area (Å²) in [5.74, 6) is -0.724. The first-order valence-electron chi connectivity index (χ1n) is 8.65. The molecule has 0 saturated heterocycles. The minimum Gasteiger partial charge on any atom is -0.465 e. The van der Waals surface area contributed by atoms with Gasteiger partial charge in [0.25, 0.3) is 0 Å². The van der Waals surface area contributed by atoms with E-state index in [1.165, 1.54) is 7.11 Å². The average Bonchev–Trinajstić information content (AvgIpc) is 2.73. The van der Waals surface area contributed by atoms with E-state index in [-0.39, 0.29) is 5.97 Å². The summed E-state index contributed by atoms with van der Waals surface area (Å²) in [4.78, 5) is 22.4. The molecule has 0 fully saturated rings. The minimum atomic E-state index is -0.406. The first kappa shape index (κ1) is 21.0. The highest BCUT2D eigenvalue weighted by atomic mass is 79.9. The molecule has 0 atom stereocenters. The summed E-state index contributed by atoms with van der Waals surface area (Å²) in [6.45, 7) is 0. The highest BCUT2D eigenvalue weighted by molar-refractivity contribution is 9.11. The fourth-order valence-electron chi connectivity index (χ4n) is 2.91. The second-order valence-electron chi connectivity index (χ2n) is 6.21. The molecule has 0 aliphatic rings. The maximum atomic E-state index is 11.4. The van der Waals surface area contributed by atoms with Gasteiger partial charge in [0.1, 0.15) is 0 Å². The topological polar surface area (TPSA) is 69.4 Å². The SMILES string of the molecule is COC(=O)c1cc(Br)c2ccccc2c1.NC(=O)c1cc(Br)c2ccccc2c1. The number of amides is 1. The highest BCUT2D eigenvalue weighted by Crippen LogP contribution is 2.26. The third kappa shape index (κ3) is 4.83.